The Kier molecular flexibility index (Phi) is 6.82. The molecular formula is C33H30BrNO6. The first-order valence-electron chi connectivity index (χ1n) is 13.4. The number of nitrogens with zero attached hydrogens (tertiary/aromatic N) is 1. The molecule has 0 fully saturated rings. The van der Waals surface area contributed by atoms with Crippen molar-refractivity contribution in [2.45, 2.75) is 39.9 Å². The van der Waals surface area contributed by atoms with E-state index in [9.17, 15) is 4.79 Å². The van der Waals surface area contributed by atoms with Crippen LogP contribution >= 0.6 is 15.9 Å². The number of fused-ring (bicyclic) bond motifs is 7. The molecule has 8 heteroatoms. The monoisotopic (exact) mass is 615 g/mol. The third kappa shape index (κ3) is 4.47. The Morgan fingerprint density at radius 1 is 0.756 bits per heavy atom. The third-order valence-electron chi connectivity index (χ3n) is 7.00. The molecule has 0 N–H and O–H groups in total. The maximum absolute atomic E-state index is 13.8. The van der Waals surface area contributed by atoms with Gasteiger partial charge < -0.3 is 27.8 Å². The number of halogens is 1. The Labute approximate surface area is 245 Å². The highest BCUT2D eigenvalue weighted by Gasteiger charge is 2.25. The molecule has 0 bridgehead atoms. The van der Waals surface area contributed by atoms with E-state index in [1.54, 1.807) is 20.3 Å². The molecule has 0 unspecified atom stereocenters. The summed E-state index contributed by atoms with van der Waals surface area (Å²) in [6, 6.07) is 17.6. The zero-order valence-corrected chi connectivity index (χ0v) is 25.3. The summed E-state index contributed by atoms with van der Waals surface area (Å²) in [5.74, 6) is 2.30. The van der Waals surface area contributed by atoms with Gasteiger partial charge in [0.1, 0.15) is 11.1 Å². The normalized spacial score (nSPS) is 11.8. The fourth-order valence-electron chi connectivity index (χ4n) is 5.46. The number of ether oxygens (including phenoxy) is 4. The van der Waals surface area contributed by atoms with Crippen LogP contribution in [-0.2, 0) is 0 Å². The van der Waals surface area contributed by atoms with Gasteiger partial charge >= 0.3 is 5.63 Å². The summed E-state index contributed by atoms with van der Waals surface area (Å²) in [6.45, 7) is 7.82. The van der Waals surface area contributed by atoms with Crippen LogP contribution in [0, 0.1) is 0 Å². The average Bonchev–Trinajstić information content (AvgIpc) is 3.28. The molecule has 0 saturated heterocycles. The SMILES string of the molecule is COc1cc(-c2c3c4cc(OC)c(OC(C)C)cc4oc(=O)c3n3cc(Br)c4ccccc4c23)ccc1OC(C)C. The van der Waals surface area contributed by atoms with E-state index in [1.165, 1.54) is 0 Å². The standard InChI is InChI=1S/C33H30BrNO6/c1-17(2)39-24-12-11-19(13-26(24)37-5)29-30-22-14-27(38-6)28(40-18(3)4)15-25(22)41-33(36)32(30)35-16-23(34)20-9-7-8-10-21(20)31(29)35/h7-18H,1-6H3. The lowest BCUT2D eigenvalue weighted by Crippen LogP contribution is -2.07. The van der Waals surface area contributed by atoms with Crippen LogP contribution in [0.15, 0.2) is 74.5 Å². The number of hydrogen-bond donors (Lipinski definition) is 0. The Morgan fingerprint density at radius 3 is 2.10 bits per heavy atom. The average molecular weight is 617 g/mol. The van der Waals surface area contributed by atoms with E-state index in [0.717, 1.165) is 42.7 Å². The molecule has 6 rings (SSSR count). The van der Waals surface area contributed by atoms with Gasteiger partial charge in [-0.2, -0.15) is 0 Å². The molecule has 0 aliphatic heterocycles. The lowest BCUT2D eigenvalue weighted by Gasteiger charge is -2.16. The van der Waals surface area contributed by atoms with Crippen LogP contribution in [0.1, 0.15) is 27.7 Å². The van der Waals surface area contributed by atoms with Crippen LogP contribution in [0.25, 0.3) is 49.3 Å². The summed E-state index contributed by atoms with van der Waals surface area (Å²) in [5, 5.41) is 3.48. The predicted molar refractivity (Wildman–Crippen MR) is 166 cm³/mol. The number of hydrogen-bond acceptors (Lipinski definition) is 6. The number of pyridine rings is 1. The number of benzene rings is 3. The molecular weight excluding hydrogens is 586 g/mol. The summed E-state index contributed by atoms with van der Waals surface area (Å²) in [7, 11) is 3.23. The van der Waals surface area contributed by atoms with Gasteiger partial charge in [-0.25, -0.2) is 4.79 Å². The molecule has 0 spiro atoms. The Bertz CT molecular complexity index is 2020. The lowest BCUT2D eigenvalue weighted by molar-refractivity contribution is 0.230. The molecule has 0 amide bonds. The van der Waals surface area contributed by atoms with Crippen LogP contribution in [0.2, 0.25) is 0 Å². The van der Waals surface area contributed by atoms with E-state index >= 15 is 0 Å². The Morgan fingerprint density at radius 2 is 1.41 bits per heavy atom. The molecule has 3 heterocycles. The topological polar surface area (TPSA) is 71.5 Å². The van der Waals surface area contributed by atoms with Crippen molar-refractivity contribution in [3.63, 3.8) is 0 Å². The second-order valence-corrected chi connectivity index (χ2v) is 11.3. The van der Waals surface area contributed by atoms with Crippen molar-refractivity contribution in [2.75, 3.05) is 14.2 Å². The second-order valence-electron chi connectivity index (χ2n) is 10.4. The summed E-state index contributed by atoms with van der Waals surface area (Å²) in [5.41, 5.74) is 2.99. The van der Waals surface area contributed by atoms with Gasteiger partial charge in [-0.15, -0.1) is 0 Å². The third-order valence-corrected chi connectivity index (χ3v) is 7.63. The highest BCUT2D eigenvalue weighted by atomic mass is 79.9. The van der Waals surface area contributed by atoms with Gasteiger partial charge in [0.05, 0.1) is 31.9 Å². The van der Waals surface area contributed by atoms with Crippen molar-refractivity contribution in [1.82, 2.24) is 4.40 Å². The van der Waals surface area contributed by atoms with Crippen molar-refractivity contribution in [1.29, 1.82) is 0 Å². The van der Waals surface area contributed by atoms with Gasteiger partial charge in [0.15, 0.2) is 23.0 Å². The molecule has 0 aliphatic carbocycles. The lowest BCUT2D eigenvalue weighted by atomic mass is 9.98. The van der Waals surface area contributed by atoms with E-state index in [4.69, 9.17) is 23.4 Å². The van der Waals surface area contributed by atoms with Crippen molar-refractivity contribution in [3.05, 3.63) is 75.7 Å². The minimum absolute atomic E-state index is 0.0181. The van der Waals surface area contributed by atoms with Crippen LogP contribution in [0.3, 0.4) is 0 Å². The smallest absolute Gasteiger partial charge is 0.361 e. The molecule has 0 radical (unpaired) electrons. The van der Waals surface area contributed by atoms with Gasteiger partial charge in [-0.05, 0) is 72.8 Å². The molecule has 0 aliphatic rings. The maximum atomic E-state index is 13.8. The van der Waals surface area contributed by atoms with Crippen molar-refractivity contribution in [3.8, 4) is 34.1 Å². The van der Waals surface area contributed by atoms with Gasteiger partial charge in [0.25, 0.3) is 0 Å². The molecule has 6 aromatic rings. The summed E-state index contributed by atoms with van der Waals surface area (Å²) < 4.78 is 32.2. The van der Waals surface area contributed by atoms with Gasteiger partial charge in [-0.3, -0.25) is 0 Å². The largest absolute Gasteiger partial charge is 0.493 e. The number of methoxy groups -OCH3 is 2. The van der Waals surface area contributed by atoms with Gasteiger partial charge in [-0.1, -0.05) is 30.3 Å². The fourth-order valence-corrected chi connectivity index (χ4v) is 6.01. The summed E-state index contributed by atoms with van der Waals surface area (Å²) >= 11 is 3.73. The molecule has 41 heavy (non-hydrogen) atoms. The highest BCUT2D eigenvalue weighted by Crippen LogP contribution is 2.46. The predicted octanol–water partition coefficient (Wildman–Crippen LogP) is 8.37. The van der Waals surface area contributed by atoms with E-state index < -0.39 is 5.63 Å². The highest BCUT2D eigenvalue weighted by molar-refractivity contribution is 9.10. The maximum Gasteiger partial charge on any atom is 0.361 e. The van der Waals surface area contributed by atoms with Crippen LogP contribution in [-0.4, -0.2) is 30.8 Å². The zero-order chi connectivity index (χ0) is 29.0. The van der Waals surface area contributed by atoms with Gasteiger partial charge in [0, 0.05) is 38.5 Å². The van der Waals surface area contributed by atoms with E-state index in [0.29, 0.717) is 34.1 Å². The minimum atomic E-state index is -0.455. The molecule has 3 aromatic heterocycles. The Hall–Kier alpha value is -4.17. The number of rotatable bonds is 7. The molecule has 210 valence electrons. The fraction of sp³-hybridized carbons (Fsp3) is 0.242. The first kappa shape index (κ1) is 27.0. The first-order valence-corrected chi connectivity index (χ1v) is 14.2. The quantitative estimate of drug-likeness (QED) is 0.168. The van der Waals surface area contributed by atoms with Crippen molar-refractivity contribution < 1.29 is 23.4 Å². The molecule has 7 nitrogen and oxygen atoms in total. The van der Waals surface area contributed by atoms with Gasteiger partial charge in [0.2, 0.25) is 0 Å². The summed E-state index contributed by atoms with van der Waals surface area (Å²) in [4.78, 5) is 13.8. The van der Waals surface area contributed by atoms with Crippen molar-refractivity contribution in [2.24, 2.45) is 0 Å². The molecule has 0 saturated carbocycles. The Balaban J connectivity index is 1.83. The van der Waals surface area contributed by atoms with Crippen LogP contribution < -0.4 is 24.6 Å². The summed E-state index contributed by atoms with van der Waals surface area (Å²) in [6.07, 6.45) is 1.82. The first-order chi connectivity index (χ1) is 19.7. The zero-order valence-electron chi connectivity index (χ0n) is 23.7. The van der Waals surface area contributed by atoms with E-state index in [-0.39, 0.29) is 12.2 Å². The second kappa shape index (κ2) is 10.3. The minimum Gasteiger partial charge on any atom is -0.493 e. The van der Waals surface area contributed by atoms with E-state index in [2.05, 4.69) is 28.1 Å². The van der Waals surface area contributed by atoms with Crippen LogP contribution in [0.5, 0.6) is 23.0 Å². The van der Waals surface area contributed by atoms with Crippen molar-refractivity contribution >= 4 is 54.1 Å². The molecule has 3 aromatic carbocycles. The number of aromatic nitrogens is 1. The molecule has 0 atom stereocenters. The van der Waals surface area contributed by atoms with Crippen LogP contribution in [0.4, 0.5) is 0 Å². The van der Waals surface area contributed by atoms with E-state index in [1.807, 2.05) is 74.7 Å².